The lowest BCUT2D eigenvalue weighted by Gasteiger charge is -2.22. The first-order chi connectivity index (χ1) is 14.5. The third kappa shape index (κ3) is 4.24. The van der Waals surface area contributed by atoms with Crippen LogP contribution in [0, 0.1) is 0 Å². The minimum absolute atomic E-state index is 0.0127. The fraction of sp³-hybridized carbons (Fsp3) is 0.286. The van der Waals surface area contributed by atoms with Gasteiger partial charge in [0, 0.05) is 30.5 Å². The second-order valence-corrected chi connectivity index (χ2v) is 9.27. The molecule has 1 N–H and O–H groups in total. The summed E-state index contributed by atoms with van der Waals surface area (Å²) in [6.45, 7) is 1.32. The summed E-state index contributed by atoms with van der Waals surface area (Å²) in [6.07, 6.45) is 7.00. The van der Waals surface area contributed by atoms with Crippen molar-refractivity contribution in [2.24, 2.45) is 0 Å². The molecule has 0 spiro atoms. The molecule has 30 heavy (non-hydrogen) atoms. The molecule has 0 unspecified atom stereocenters. The highest BCUT2D eigenvalue weighted by Crippen LogP contribution is 2.28. The maximum Gasteiger partial charge on any atom is 0.264 e. The van der Waals surface area contributed by atoms with Gasteiger partial charge in [0.15, 0.2) is 0 Å². The van der Waals surface area contributed by atoms with Crippen LogP contribution in [0.4, 0.5) is 5.69 Å². The van der Waals surface area contributed by atoms with Crippen LogP contribution in [0.15, 0.2) is 53.7 Å². The van der Waals surface area contributed by atoms with E-state index in [1.165, 1.54) is 24.5 Å². The molecule has 1 aliphatic rings. The molecule has 2 aromatic carbocycles. The number of aromatic nitrogens is 2. The van der Waals surface area contributed by atoms with Crippen molar-refractivity contribution in [2.75, 3.05) is 17.8 Å². The van der Waals surface area contributed by atoms with Crippen molar-refractivity contribution in [1.29, 1.82) is 0 Å². The number of hydrogen-bond donors (Lipinski definition) is 1. The van der Waals surface area contributed by atoms with Crippen LogP contribution in [-0.2, 0) is 10.0 Å². The highest BCUT2D eigenvalue weighted by atomic mass is 35.5. The molecule has 7 nitrogen and oxygen atoms in total. The maximum atomic E-state index is 13.2. The maximum absolute atomic E-state index is 13.2. The molecule has 1 fully saturated rings. The molecule has 0 atom stereocenters. The molecule has 0 aliphatic carbocycles. The van der Waals surface area contributed by atoms with Gasteiger partial charge < -0.3 is 4.90 Å². The van der Waals surface area contributed by atoms with Gasteiger partial charge in [0.1, 0.15) is 10.4 Å². The van der Waals surface area contributed by atoms with Crippen molar-refractivity contribution in [3.05, 3.63) is 59.4 Å². The Balaban J connectivity index is 1.72. The zero-order valence-electron chi connectivity index (χ0n) is 16.2. The van der Waals surface area contributed by atoms with Crippen molar-refractivity contribution >= 4 is 44.3 Å². The van der Waals surface area contributed by atoms with Gasteiger partial charge in [-0.3, -0.25) is 19.5 Å². The normalized spacial score (nSPS) is 15.0. The van der Waals surface area contributed by atoms with E-state index < -0.39 is 10.0 Å². The highest BCUT2D eigenvalue weighted by Gasteiger charge is 2.25. The fourth-order valence-corrected chi connectivity index (χ4v) is 5.02. The summed E-state index contributed by atoms with van der Waals surface area (Å²) in [5.74, 6) is -0.205. The molecule has 0 saturated carbocycles. The van der Waals surface area contributed by atoms with Crippen molar-refractivity contribution in [3.63, 3.8) is 0 Å². The number of nitrogens with zero attached hydrogens (tertiary/aromatic N) is 3. The van der Waals surface area contributed by atoms with Crippen molar-refractivity contribution in [2.45, 2.75) is 30.6 Å². The summed E-state index contributed by atoms with van der Waals surface area (Å²) in [5, 5.41) is 0.331. The number of benzene rings is 2. The number of sulfonamides is 1. The molecule has 1 amide bonds. The van der Waals surface area contributed by atoms with E-state index in [-0.39, 0.29) is 27.6 Å². The van der Waals surface area contributed by atoms with Gasteiger partial charge in [-0.15, -0.1) is 0 Å². The van der Waals surface area contributed by atoms with Gasteiger partial charge in [-0.1, -0.05) is 30.5 Å². The van der Waals surface area contributed by atoms with E-state index in [1.54, 1.807) is 29.2 Å². The molecule has 1 saturated heterocycles. The summed E-state index contributed by atoms with van der Waals surface area (Å²) < 4.78 is 28.9. The monoisotopic (exact) mass is 444 g/mol. The van der Waals surface area contributed by atoms with Crippen molar-refractivity contribution in [3.8, 4) is 0 Å². The lowest BCUT2D eigenvalue weighted by Crippen LogP contribution is -2.32. The van der Waals surface area contributed by atoms with Crippen molar-refractivity contribution in [1.82, 2.24) is 14.9 Å². The Morgan fingerprint density at radius 3 is 2.50 bits per heavy atom. The SMILES string of the molecule is O=C(c1ccc(Cl)cc1NS(=O)(=O)c1cccc2nccnc12)N1CCCCCC1. The summed E-state index contributed by atoms with van der Waals surface area (Å²) in [7, 11) is -4.03. The van der Waals surface area contributed by atoms with Crippen LogP contribution >= 0.6 is 11.6 Å². The Labute approximate surface area is 180 Å². The number of anilines is 1. The van der Waals surface area contributed by atoms with E-state index in [0.717, 1.165) is 25.7 Å². The Bertz CT molecular complexity index is 1190. The Morgan fingerprint density at radius 2 is 1.73 bits per heavy atom. The number of halogens is 1. The Kier molecular flexibility index (Phi) is 5.87. The molecule has 9 heteroatoms. The van der Waals surface area contributed by atoms with Gasteiger partial charge in [-0.2, -0.15) is 0 Å². The first-order valence-corrected chi connectivity index (χ1v) is 11.6. The highest BCUT2D eigenvalue weighted by molar-refractivity contribution is 7.93. The van der Waals surface area contributed by atoms with Crippen LogP contribution in [-0.4, -0.2) is 42.3 Å². The number of nitrogens with one attached hydrogen (secondary N) is 1. The first-order valence-electron chi connectivity index (χ1n) is 9.77. The van der Waals surface area contributed by atoms with Gasteiger partial charge in [0.05, 0.1) is 16.8 Å². The summed E-state index contributed by atoms with van der Waals surface area (Å²) in [4.78, 5) is 23.2. The van der Waals surface area contributed by atoms with E-state index in [0.29, 0.717) is 23.6 Å². The average Bonchev–Trinajstić information content (AvgIpc) is 3.02. The number of hydrogen-bond acceptors (Lipinski definition) is 5. The molecular weight excluding hydrogens is 424 g/mol. The standard InChI is InChI=1S/C21H21ClN4O3S/c22-15-8-9-16(21(27)26-12-3-1-2-4-13-26)18(14-15)25-30(28,29)19-7-5-6-17-20(19)24-11-10-23-17/h5-11,14,25H,1-4,12-13H2. The van der Waals surface area contributed by atoms with Crippen LogP contribution in [0.25, 0.3) is 11.0 Å². The zero-order chi connectivity index (χ0) is 21.1. The van der Waals surface area contributed by atoms with E-state index in [4.69, 9.17) is 11.6 Å². The molecule has 1 aliphatic heterocycles. The number of para-hydroxylation sites is 1. The molecule has 3 aromatic rings. The predicted octanol–water partition coefficient (Wildman–Crippen LogP) is 4.10. The van der Waals surface area contributed by atoms with E-state index in [2.05, 4.69) is 14.7 Å². The minimum atomic E-state index is -4.03. The Hall–Kier alpha value is -2.71. The fourth-order valence-electron chi connectivity index (χ4n) is 3.61. The largest absolute Gasteiger partial charge is 0.339 e. The van der Waals surface area contributed by atoms with E-state index >= 15 is 0 Å². The van der Waals surface area contributed by atoms with E-state index in [9.17, 15) is 13.2 Å². The first kappa shape index (κ1) is 20.6. The molecular formula is C21H21ClN4O3S. The lowest BCUT2D eigenvalue weighted by molar-refractivity contribution is 0.0762. The molecule has 0 radical (unpaired) electrons. The topological polar surface area (TPSA) is 92.3 Å². The predicted molar refractivity (Wildman–Crippen MR) is 116 cm³/mol. The lowest BCUT2D eigenvalue weighted by atomic mass is 10.1. The summed E-state index contributed by atoms with van der Waals surface area (Å²) in [5.41, 5.74) is 1.15. The van der Waals surface area contributed by atoms with Crippen LogP contribution < -0.4 is 4.72 Å². The van der Waals surface area contributed by atoms with E-state index in [1.807, 2.05) is 0 Å². The molecule has 156 valence electrons. The molecule has 4 rings (SSSR count). The van der Waals surface area contributed by atoms with Gasteiger partial charge in [0.2, 0.25) is 0 Å². The minimum Gasteiger partial charge on any atom is -0.339 e. The third-order valence-corrected chi connectivity index (χ3v) is 6.73. The number of likely N-dealkylation sites (tertiary alicyclic amines) is 1. The summed E-state index contributed by atoms with van der Waals surface area (Å²) >= 11 is 6.12. The van der Waals surface area contributed by atoms with Crippen LogP contribution in [0.1, 0.15) is 36.0 Å². The number of carbonyl (C=O) groups is 1. The van der Waals surface area contributed by atoms with Crippen LogP contribution in [0.2, 0.25) is 5.02 Å². The smallest absolute Gasteiger partial charge is 0.264 e. The molecule has 2 heterocycles. The summed E-state index contributed by atoms with van der Waals surface area (Å²) in [6, 6.07) is 9.37. The number of carbonyl (C=O) groups excluding carboxylic acids is 1. The number of amides is 1. The molecule has 0 bridgehead atoms. The van der Waals surface area contributed by atoms with Gasteiger partial charge in [0.25, 0.3) is 15.9 Å². The third-order valence-electron chi connectivity index (χ3n) is 5.10. The van der Waals surface area contributed by atoms with Crippen LogP contribution in [0.3, 0.4) is 0 Å². The second-order valence-electron chi connectivity index (χ2n) is 7.18. The molecule has 1 aromatic heterocycles. The van der Waals surface area contributed by atoms with Crippen LogP contribution in [0.5, 0.6) is 0 Å². The van der Waals surface area contributed by atoms with Gasteiger partial charge >= 0.3 is 0 Å². The second kappa shape index (κ2) is 8.57. The zero-order valence-corrected chi connectivity index (χ0v) is 17.8. The Morgan fingerprint density at radius 1 is 1.00 bits per heavy atom. The quantitative estimate of drug-likeness (QED) is 0.654. The van der Waals surface area contributed by atoms with Gasteiger partial charge in [-0.05, 0) is 43.2 Å². The number of fused-ring (bicyclic) bond motifs is 1. The average molecular weight is 445 g/mol. The van der Waals surface area contributed by atoms with Crippen molar-refractivity contribution < 1.29 is 13.2 Å². The number of rotatable bonds is 4. The van der Waals surface area contributed by atoms with Gasteiger partial charge in [-0.25, -0.2) is 8.42 Å².